The van der Waals surface area contributed by atoms with Crippen LogP contribution in [0.2, 0.25) is 0 Å². The van der Waals surface area contributed by atoms with E-state index in [1.807, 2.05) is 0 Å². The van der Waals surface area contributed by atoms with E-state index in [4.69, 9.17) is 5.11 Å². The number of nitrogens with one attached hydrogen (secondary N) is 2. The van der Waals surface area contributed by atoms with Crippen LogP contribution >= 0.6 is 0 Å². The molecule has 0 saturated heterocycles. The van der Waals surface area contributed by atoms with Gasteiger partial charge in [0, 0.05) is 6.07 Å². The molecule has 22 heavy (non-hydrogen) atoms. The first-order valence-corrected chi connectivity index (χ1v) is 7.96. The highest BCUT2D eigenvalue weighted by Crippen LogP contribution is 2.40. The SMILES string of the molecule is O=C(O)c1cc(S(=O)(=O)Nc2ccc(C3CC3)cc2F)[nH]n1. The first-order chi connectivity index (χ1) is 10.4. The van der Waals surface area contributed by atoms with Crippen LogP contribution in [0, 0.1) is 5.82 Å². The maximum Gasteiger partial charge on any atom is 0.356 e. The number of aromatic carboxylic acids is 1. The van der Waals surface area contributed by atoms with Gasteiger partial charge < -0.3 is 5.11 Å². The lowest BCUT2D eigenvalue weighted by atomic mass is 10.1. The predicted molar refractivity (Wildman–Crippen MR) is 74.7 cm³/mol. The van der Waals surface area contributed by atoms with Crippen LogP contribution in [0.1, 0.15) is 34.8 Å². The highest BCUT2D eigenvalue weighted by molar-refractivity contribution is 7.92. The number of sulfonamides is 1. The lowest BCUT2D eigenvalue weighted by Crippen LogP contribution is -2.14. The predicted octanol–water partition coefficient (Wildman–Crippen LogP) is 1.93. The number of hydrogen-bond donors (Lipinski definition) is 3. The summed E-state index contributed by atoms with van der Waals surface area (Å²) in [4.78, 5) is 10.7. The Balaban J connectivity index is 1.85. The Labute approximate surface area is 125 Å². The quantitative estimate of drug-likeness (QED) is 0.777. The standard InChI is InChI=1S/C13H12FN3O4S/c14-9-5-8(7-1-2-7)3-4-10(9)17-22(20,21)12-6-11(13(18)19)15-16-12/h3-7,17H,1-2H2,(H,15,16)(H,18,19). The second kappa shape index (κ2) is 5.09. The van der Waals surface area contributed by atoms with E-state index in [2.05, 4.69) is 14.9 Å². The topological polar surface area (TPSA) is 112 Å². The maximum atomic E-state index is 14.0. The highest BCUT2D eigenvalue weighted by atomic mass is 32.2. The van der Waals surface area contributed by atoms with Gasteiger partial charge in [0.15, 0.2) is 10.7 Å². The summed E-state index contributed by atoms with van der Waals surface area (Å²) in [6, 6.07) is 5.20. The zero-order valence-corrected chi connectivity index (χ0v) is 12.0. The van der Waals surface area contributed by atoms with Crippen LogP contribution in [0.15, 0.2) is 29.3 Å². The fraction of sp³-hybridized carbons (Fsp3) is 0.231. The molecule has 1 fully saturated rings. The molecular weight excluding hydrogens is 313 g/mol. The van der Waals surface area contributed by atoms with Crippen molar-refractivity contribution in [1.82, 2.24) is 10.2 Å². The third-order valence-corrected chi connectivity index (χ3v) is 4.63. The van der Waals surface area contributed by atoms with Crippen molar-refractivity contribution in [3.8, 4) is 0 Å². The number of H-pyrrole nitrogens is 1. The molecule has 0 radical (unpaired) electrons. The van der Waals surface area contributed by atoms with E-state index >= 15 is 0 Å². The van der Waals surface area contributed by atoms with Crippen LogP contribution < -0.4 is 4.72 Å². The first kappa shape index (κ1) is 14.5. The Kier molecular flexibility index (Phi) is 3.36. The summed E-state index contributed by atoms with van der Waals surface area (Å²) in [5.41, 5.74) is 0.205. The Bertz CT molecular complexity index is 843. The number of carboxylic acids is 1. The molecule has 3 rings (SSSR count). The second-order valence-corrected chi connectivity index (χ2v) is 6.69. The molecule has 116 valence electrons. The van der Waals surface area contributed by atoms with E-state index in [1.165, 1.54) is 12.1 Å². The Morgan fingerprint density at radius 2 is 2.09 bits per heavy atom. The molecule has 1 saturated carbocycles. The summed E-state index contributed by atoms with van der Waals surface area (Å²) in [7, 11) is -4.14. The van der Waals surface area contributed by atoms with Crippen LogP contribution in [0.3, 0.4) is 0 Å². The van der Waals surface area contributed by atoms with E-state index in [0.29, 0.717) is 5.92 Å². The molecule has 1 aliphatic rings. The van der Waals surface area contributed by atoms with Gasteiger partial charge in [-0.05, 0) is 36.5 Å². The van der Waals surface area contributed by atoms with Gasteiger partial charge in [-0.3, -0.25) is 9.82 Å². The molecule has 1 aromatic carbocycles. The average Bonchev–Trinajstić information content (AvgIpc) is 3.16. The summed E-state index contributed by atoms with van der Waals surface area (Å²) in [6.07, 6.45) is 2.02. The van der Waals surface area contributed by atoms with Crippen molar-refractivity contribution in [3.05, 3.63) is 41.3 Å². The Morgan fingerprint density at radius 3 is 2.64 bits per heavy atom. The van der Waals surface area contributed by atoms with Gasteiger partial charge in [0.1, 0.15) is 5.82 Å². The third-order valence-electron chi connectivity index (χ3n) is 3.35. The molecule has 0 bridgehead atoms. The van der Waals surface area contributed by atoms with E-state index in [0.717, 1.165) is 24.5 Å². The van der Waals surface area contributed by atoms with Crippen LogP contribution in [-0.2, 0) is 10.0 Å². The largest absolute Gasteiger partial charge is 0.476 e. The van der Waals surface area contributed by atoms with Gasteiger partial charge in [-0.1, -0.05) is 6.07 Å². The molecule has 7 nitrogen and oxygen atoms in total. The maximum absolute atomic E-state index is 14.0. The Morgan fingerprint density at radius 1 is 1.36 bits per heavy atom. The van der Waals surface area contributed by atoms with Crippen LogP contribution in [0.4, 0.5) is 10.1 Å². The van der Waals surface area contributed by atoms with Crippen LogP contribution in [0.25, 0.3) is 0 Å². The molecule has 0 aliphatic heterocycles. The lowest BCUT2D eigenvalue weighted by molar-refractivity contribution is 0.0690. The van der Waals surface area contributed by atoms with Crippen molar-refractivity contribution in [1.29, 1.82) is 0 Å². The van der Waals surface area contributed by atoms with E-state index in [9.17, 15) is 17.6 Å². The fourth-order valence-electron chi connectivity index (χ4n) is 2.04. The lowest BCUT2D eigenvalue weighted by Gasteiger charge is -2.08. The van der Waals surface area contributed by atoms with Crippen molar-refractivity contribution >= 4 is 21.7 Å². The van der Waals surface area contributed by atoms with Gasteiger partial charge >= 0.3 is 5.97 Å². The van der Waals surface area contributed by atoms with Gasteiger partial charge in [0.25, 0.3) is 10.0 Å². The number of halogens is 1. The number of rotatable bonds is 5. The summed E-state index contributed by atoms with van der Waals surface area (Å²) in [6.45, 7) is 0. The number of aromatic amines is 1. The minimum Gasteiger partial charge on any atom is -0.476 e. The summed E-state index contributed by atoms with van der Waals surface area (Å²) in [5.74, 6) is -1.69. The molecule has 0 unspecified atom stereocenters. The molecule has 3 N–H and O–H groups in total. The summed E-state index contributed by atoms with van der Waals surface area (Å²) < 4.78 is 40.2. The first-order valence-electron chi connectivity index (χ1n) is 6.48. The summed E-state index contributed by atoms with van der Waals surface area (Å²) >= 11 is 0. The number of nitrogens with zero attached hydrogens (tertiary/aromatic N) is 1. The number of anilines is 1. The molecule has 1 aliphatic carbocycles. The van der Waals surface area contributed by atoms with Gasteiger partial charge in [0.2, 0.25) is 0 Å². The van der Waals surface area contributed by atoms with E-state index in [-0.39, 0.29) is 5.69 Å². The van der Waals surface area contributed by atoms with Gasteiger partial charge in [0.05, 0.1) is 5.69 Å². The molecular formula is C13H12FN3O4S. The molecule has 1 aromatic heterocycles. The highest BCUT2D eigenvalue weighted by Gasteiger charge is 2.25. The summed E-state index contributed by atoms with van der Waals surface area (Å²) in [5, 5.41) is 13.7. The smallest absolute Gasteiger partial charge is 0.356 e. The van der Waals surface area contributed by atoms with Crippen molar-refractivity contribution in [2.45, 2.75) is 23.8 Å². The van der Waals surface area contributed by atoms with Gasteiger partial charge in [-0.2, -0.15) is 13.5 Å². The second-order valence-electron chi connectivity index (χ2n) is 5.04. The fourth-order valence-corrected chi connectivity index (χ4v) is 3.03. The molecule has 9 heteroatoms. The van der Waals surface area contributed by atoms with Gasteiger partial charge in [-0.15, -0.1) is 0 Å². The van der Waals surface area contributed by atoms with Crippen molar-refractivity contribution in [2.75, 3.05) is 4.72 Å². The number of benzene rings is 1. The molecule has 1 heterocycles. The van der Waals surface area contributed by atoms with E-state index in [1.54, 1.807) is 6.07 Å². The number of aromatic nitrogens is 2. The van der Waals surface area contributed by atoms with Gasteiger partial charge in [-0.25, -0.2) is 9.18 Å². The zero-order valence-electron chi connectivity index (χ0n) is 11.2. The normalized spacial score (nSPS) is 14.8. The minimum atomic E-state index is -4.14. The van der Waals surface area contributed by atoms with Crippen LogP contribution in [-0.4, -0.2) is 29.7 Å². The van der Waals surface area contributed by atoms with E-state index < -0.39 is 32.5 Å². The molecule has 2 aromatic rings. The number of carboxylic acid groups (broad SMARTS) is 1. The third kappa shape index (κ3) is 2.80. The zero-order chi connectivity index (χ0) is 15.9. The van der Waals surface area contributed by atoms with Crippen molar-refractivity contribution < 1.29 is 22.7 Å². The minimum absolute atomic E-state index is 0.198. The molecule has 0 atom stereocenters. The Hall–Kier alpha value is -2.42. The number of carbonyl (C=O) groups is 1. The van der Waals surface area contributed by atoms with Crippen LogP contribution in [0.5, 0.6) is 0 Å². The molecule has 0 amide bonds. The van der Waals surface area contributed by atoms with Crippen molar-refractivity contribution in [3.63, 3.8) is 0 Å². The number of hydrogen-bond acceptors (Lipinski definition) is 4. The molecule has 0 spiro atoms. The van der Waals surface area contributed by atoms with Crippen molar-refractivity contribution in [2.24, 2.45) is 0 Å². The average molecular weight is 325 g/mol. The monoisotopic (exact) mass is 325 g/mol.